The first kappa shape index (κ1) is 16.7. The summed E-state index contributed by atoms with van der Waals surface area (Å²) >= 11 is 5.80. The zero-order chi connectivity index (χ0) is 15.3. The fraction of sp³-hybridized carbons (Fsp3) is 0.417. The van der Waals surface area contributed by atoms with Crippen LogP contribution < -0.4 is 9.46 Å². The van der Waals surface area contributed by atoms with Gasteiger partial charge in [0.1, 0.15) is 16.7 Å². The summed E-state index contributed by atoms with van der Waals surface area (Å²) in [6.45, 7) is 1.67. The standard InChI is InChI=1S/C12H16ClNO5S/c1-4-9(12(15)19-3)14-20(16,17)11-7-8(13)5-6-10(11)18-2/h5-7,9,14H,4H2,1-3H3. The molecule has 0 aliphatic rings. The Balaban J connectivity index is 3.16. The number of carbonyl (C=O) groups is 1. The van der Waals surface area contributed by atoms with Gasteiger partial charge in [-0.2, -0.15) is 4.72 Å². The number of carbonyl (C=O) groups excluding carboxylic acids is 1. The van der Waals surface area contributed by atoms with Crippen LogP contribution >= 0.6 is 11.6 Å². The van der Waals surface area contributed by atoms with Crippen molar-refractivity contribution in [2.45, 2.75) is 24.3 Å². The maximum absolute atomic E-state index is 12.3. The van der Waals surface area contributed by atoms with Gasteiger partial charge < -0.3 is 9.47 Å². The van der Waals surface area contributed by atoms with Gasteiger partial charge in [0.25, 0.3) is 0 Å². The largest absolute Gasteiger partial charge is 0.495 e. The molecule has 0 aromatic heterocycles. The minimum Gasteiger partial charge on any atom is -0.495 e. The summed E-state index contributed by atoms with van der Waals surface area (Å²) in [5, 5.41) is 0.247. The molecule has 20 heavy (non-hydrogen) atoms. The van der Waals surface area contributed by atoms with E-state index in [-0.39, 0.29) is 22.1 Å². The fourth-order valence-electron chi connectivity index (χ4n) is 1.55. The number of rotatable bonds is 6. The van der Waals surface area contributed by atoms with Crippen LogP contribution in [0.5, 0.6) is 5.75 Å². The Morgan fingerprint density at radius 3 is 2.55 bits per heavy atom. The van der Waals surface area contributed by atoms with E-state index in [2.05, 4.69) is 9.46 Å². The molecule has 0 saturated heterocycles. The number of benzene rings is 1. The molecule has 0 heterocycles. The Kier molecular flexibility index (Phi) is 5.79. The van der Waals surface area contributed by atoms with Crippen molar-refractivity contribution in [2.75, 3.05) is 14.2 Å². The fourth-order valence-corrected chi connectivity index (χ4v) is 3.25. The van der Waals surface area contributed by atoms with Crippen molar-refractivity contribution in [3.8, 4) is 5.75 Å². The van der Waals surface area contributed by atoms with Gasteiger partial charge in [-0.15, -0.1) is 0 Å². The van der Waals surface area contributed by atoms with Crippen molar-refractivity contribution in [2.24, 2.45) is 0 Å². The van der Waals surface area contributed by atoms with Crippen LogP contribution in [0.2, 0.25) is 5.02 Å². The predicted octanol–water partition coefficient (Wildman–Crippen LogP) is 1.58. The van der Waals surface area contributed by atoms with Crippen LogP contribution in [0.4, 0.5) is 0 Å². The molecule has 6 nitrogen and oxygen atoms in total. The molecular weight excluding hydrogens is 306 g/mol. The first-order valence-electron chi connectivity index (χ1n) is 5.79. The third-order valence-corrected chi connectivity index (χ3v) is 4.33. The Labute approximate surface area is 123 Å². The van der Waals surface area contributed by atoms with Gasteiger partial charge in [0, 0.05) is 5.02 Å². The second kappa shape index (κ2) is 6.92. The number of methoxy groups -OCH3 is 2. The average molecular weight is 322 g/mol. The molecular formula is C12H16ClNO5S. The Hall–Kier alpha value is -1.31. The first-order chi connectivity index (χ1) is 9.35. The maximum atomic E-state index is 12.3. The summed E-state index contributed by atoms with van der Waals surface area (Å²) in [6.07, 6.45) is 0.259. The van der Waals surface area contributed by atoms with E-state index in [0.717, 1.165) is 0 Å². The lowest BCUT2D eigenvalue weighted by atomic mass is 10.2. The Bertz CT molecular complexity index is 588. The molecule has 0 fully saturated rings. The van der Waals surface area contributed by atoms with Crippen molar-refractivity contribution in [1.82, 2.24) is 4.72 Å². The van der Waals surface area contributed by atoms with E-state index in [1.807, 2.05) is 0 Å². The lowest BCUT2D eigenvalue weighted by Gasteiger charge is -2.16. The van der Waals surface area contributed by atoms with E-state index in [9.17, 15) is 13.2 Å². The lowest BCUT2D eigenvalue weighted by molar-refractivity contribution is -0.142. The highest BCUT2D eigenvalue weighted by molar-refractivity contribution is 7.89. The molecule has 1 rings (SSSR count). The number of halogens is 1. The highest BCUT2D eigenvalue weighted by Gasteiger charge is 2.27. The zero-order valence-corrected chi connectivity index (χ0v) is 12.9. The maximum Gasteiger partial charge on any atom is 0.323 e. The summed E-state index contributed by atoms with van der Waals surface area (Å²) in [7, 11) is -1.41. The molecule has 0 bridgehead atoms. The van der Waals surface area contributed by atoms with Crippen LogP contribution in [0.15, 0.2) is 23.1 Å². The molecule has 0 amide bonds. The van der Waals surface area contributed by atoms with E-state index < -0.39 is 22.0 Å². The van der Waals surface area contributed by atoms with E-state index >= 15 is 0 Å². The highest BCUT2D eigenvalue weighted by atomic mass is 35.5. The van der Waals surface area contributed by atoms with Crippen molar-refractivity contribution >= 4 is 27.6 Å². The van der Waals surface area contributed by atoms with Gasteiger partial charge in [0.15, 0.2) is 0 Å². The molecule has 0 spiro atoms. The van der Waals surface area contributed by atoms with Crippen molar-refractivity contribution < 1.29 is 22.7 Å². The van der Waals surface area contributed by atoms with Crippen LogP contribution in [0, 0.1) is 0 Å². The van der Waals surface area contributed by atoms with Crippen LogP contribution in [-0.4, -0.2) is 34.6 Å². The molecule has 0 radical (unpaired) electrons. The Morgan fingerprint density at radius 2 is 2.05 bits per heavy atom. The van der Waals surface area contributed by atoms with E-state index in [0.29, 0.717) is 0 Å². The summed E-state index contributed by atoms with van der Waals surface area (Å²) in [6, 6.07) is 3.24. The van der Waals surface area contributed by atoms with Gasteiger partial charge in [-0.25, -0.2) is 8.42 Å². The van der Waals surface area contributed by atoms with Crippen LogP contribution in [0.1, 0.15) is 13.3 Å². The monoisotopic (exact) mass is 321 g/mol. The summed E-state index contributed by atoms with van der Waals surface area (Å²) in [5.74, 6) is -0.515. The normalized spacial score (nSPS) is 12.8. The number of ether oxygens (including phenoxy) is 2. The minimum absolute atomic E-state index is 0.130. The second-order valence-corrected chi connectivity index (χ2v) is 6.02. The van der Waals surface area contributed by atoms with E-state index in [1.165, 1.54) is 32.4 Å². The van der Waals surface area contributed by atoms with Crippen LogP contribution in [0.3, 0.4) is 0 Å². The number of nitrogens with one attached hydrogen (secondary N) is 1. The quantitative estimate of drug-likeness (QED) is 0.804. The van der Waals surface area contributed by atoms with Gasteiger partial charge in [0.05, 0.1) is 14.2 Å². The minimum atomic E-state index is -3.95. The molecule has 1 N–H and O–H groups in total. The number of esters is 1. The van der Waals surface area contributed by atoms with E-state index in [4.69, 9.17) is 16.3 Å². The van der Waals surface area contributed by atoms with Gasteiger partial charge in [-0.05, 0) is 24.6 Å². The molecule has 1 aromatic rings. The van der Waals surface area contributed by atoms with E-state index in [1.54, 1.807) is 6.92 Å². The smallest absolute Gasteiger partial charge is 0.323 e. The van der Waals surface area contributed by atoms with Crippen molar-refractivity contribution in [3.05, 3.63) is 23.2 Å². The molecule has 0 aliphatic carbocycles. The molecule has 1 aromatic carbocycles. The zero-order valence-electron chi connectivity index (χ0n) is 11.3. The first-order valence-corrected chi connectivity index (χ1v) is 7.65. The lowest BCUT2D eigenvalue weighted by Crippen LogP contribution is -2.41. The molecule has 0 aliphatic heterocycles. The van der Waals surface area contributed by atoms with Gasteiger partial charge in [-0.1, -0.05) is 18.5 Å². The number of sulfonamides is 1. The SMILES string of the molecule is CCC(NS(=O)(=O)c1cc(Cl)ccc1OC)C(=O)OC. The average Bonchev–Trinajstić information content (AvgIpc) is 2.43. The molecule has 1 unspecified atom stereocenters. The third-order valence-electron chi connectivity index (χ3n) is 2.61. The van der Waals surface area contributed by atoms with Gasteiger partial charge >= 0.3 is 5.97 Å². The summed E-state index contributed by atoms with van der Waals surface area (Å²) < 4.78 is 36.4. The predicted molar refractivity (Wildman–Crippen MR) is 74.4 cm³/mol. The van der Waals surface area contributed by atoms with Crippen molar-refractivity contribution in [1.29, 1.82) is 0 Å². The van der Waals surface area contributed by atoms with Gasteiger partial charge in [-0.3, -0.25) is 4.79 Å². The van der Waals surface area contributed by atoms with Crippen molar-refractivity contribution in [3.63, 3.8) is 0 Å². The Morgan fingerprint density at radius 1 is 1.40 bits per heavy atom. The van der Waals surface area contributed by atoms with Crippen LogP contribution in [0.25, 0.3) is 0 Å². The molecule has 112 valence electrons. The highest BCUT2D eigenvalue weighted by Crippen LogP contribution is 2.27. The number of hydrogen-bond acceptors (Lipinski definition) is 5. The number of hydrogen-bond donors (Lipinski definition) is 1. The molecule has 0 saturated carbocycles. The molecule has 1 atom stereocenters. The van der Waals surface area contributed by atoms with Gasteiger partial charge in [0.2, 0.25) is 10.0 Å². The topological polar surface area (TPSA) is 81.7 Å². The van der Waals surface area contributed by atoms with Crippen LogP contribution in [-0.2, 0) is 19.6 Å². The second-order valence-electron chi connectivity index (χ2n) is 3.90. The summed E-state index contributed by atoms with van der Waals surface area (Å²) in [4.78, 5) is 11.3. The third kappa shape index (κ3) is 3.84. The molecule has 8 heteroatoms. The summed E-state index contributed by atoms with van der Waals surface area (Å²) in [5.41, 5.74) is 0.